The zero-order chi connectivity index (χ0) is 18.2. The van der Waals surface area contributed by atoms with Crippen molar-refractivity contribution in [2.24, 2.45) is 0 Å². The molecule has 1 aliphatic carbocycles. The Labute approximate surface area is 158 Å². The SMILES string of the molecule is O=C(NC1CC1c1ccccc1)N1CCN(c2ccc3c(c2)OCO3)CC1. The Bertz CT molecular complexity index is 834. The summed E-state index contributed by atoms with van der Waals surface area (Å²) in [5, 5.41) is 3.19. The van der Waals surface area contributed by atoms with Gasteiger partial charge in [-0.3, -0.25) is 0 Å². The number of ether oxygens (including phenoxy) is 2. The molecule has 0 aromatic heterocycles. The van der Waals surface area contributed by atoms with E-state index in [1.807, 2.05) is 23.1 Å². The molecule has 2 aromatic carbocycles. The molecular formula is C21H23N3O3. The van der Waals surface area contributed by atoms with Gasteiger partial charge in [0.15, 0.2) is 11.5 Å². The first-order chi connectivity index (χ1) is 13.3. The van der Waals surface area contributed by atoms with Gasteiger partial charge in [0.25, 0.3) is 0 Å². The lowest BCUT2D eigenvalue weighted by Gasteiger charge is -2.36. The Morgan fingerprint density at radius 1 is 0.963 bits per heavy atom. The van der Waals surface area contributed by atoms with Crippen molar-refractivity contribution in [3.63, 3.8) is 0 Å². The molecule has 2 heterocycles. The van der Waals surface area contributed by atoms with Crippen molar-refractivity contribution >= 4 is 11.7 Å². The predicted molar refractivity (Wildman–Crippen MR) is 102 cm³/mol. The lowest BCUT2D eigenvalue weighted by molar-refractivity contribution is 0.174. The number of amides is 2. The number of nitrogens with zero attached hydrogens (tertiary/aromatic N) is 2. The van der Waals surface area contributed by atoms with Crippen molar-refractivity contribution in [3.8, 4) is 11.5 Å². The molecule has 0 spiro atoms. The van der Waals surface area contributed by atoms with Gasteiger partial charge < -0.3 is 24.6 Å². The maximum Gasteiger partial charge on any atom is 0.317 e. The lowest BCUT2D eigenvalue weighted by atomic mass is 10.1. The Kier molecular flexibility index (Phi) is 4.03. The smallest absolute Gasteiger partial charge is 0.317 e. The second-order valence-corrected chi connectivity index (χ2v) is 7.32. The second-order valence-electron chi connectivity index (χ2n) is 7.32. The fourth-order valence-electron chi connectivity index (χ4n) is 3.92. The Hall–Kier alpha value is -2.89. The highest BCUT2D eigenvalue weighted by atomic mass is 16.7. The number of hydrogen-bond acceptors (Lipinski definition) is 4. The molecular weight excluding hydrogens is 342 g/mol. The summed E-state index contributed by atoms with van der Waals surface area (Å²) in [6.45, 7) is 3.38. The zero-order valence-electron chi connectivity index (χ0n) is 15.1. The summed E-state index contributed by atoms with van der Waals surface area (Å²) in [5.74, 6) is 2.06. The fourth-order valence-corrected chi connectivity index (χ4v) is 3.92. The van der Waals surface area contributed by atoms with Crippen LogP contribution < -0.4 is 19.7 Å². The lowest BCUT2D eigenvalue weighted by Crippen LogP contribution is -2.52. The number of carbonyl (C=O) groups is 1. The van der Waals surface area contributed by atoms with E-state index in [1.165, 1.54) is 5.56 Å². The second kappa shape index (κ2) is 6.68. The van der Waals surface area contributed by atoms with Gasteiger partial charge in [-0.05, 0) is 24.1 Å². The first-order valence-corrected chi connectivity index (χ1v) is 9.53. The minimum atomic E-state index is 0.0590. The molecule has 6 nitrogen and oxygen atoms in total. The third kappa shape index (κ3) is 3.27. The maximum absolute atomic E-state index is 12.6. The molecule has 2 aromatic rings. The van der Waals surface area contributed by atoms with E-state index in [0.29, 0.717) is 5.92 Å². The molecule has 0 radical (unpaired) electrons. The van der Waals surface area contributed by atoms with Crippen LogP contribution in [-0.4, -0.2) is 49.9 Å². The van der Waals surface area contributed by atoms with Crippen LogP contribution in [0.25, 0.3) is 0 Å². The van der Waals surface area contributed by atoms with E-state index in [-0.39, 0.29) is 18.9 Å². The standard InChI is InChI=1S/C21H23N3O3/c25-21(22-18-13-17(18)15-4-2-1-3-5-15)24-10-8-23(9-11-24)16-6-7-19-20(12-16)27-14-26-19/h1-7,12,17-18H,8-11,13-14H2,(H,22,25). The van der Waals surface area contributed by atoms with Crippen molar-refractivity contribution in [2.75, 3.05) is 37.9 Å². The van der Waals surface area contributed by atoms with Crippen molar-refractivity contribution in [3.05, 3.63) is 54.1 Å². The van der Waals surface area contributed by atoms with Crippen LogP contribution in [0.3, 0.4) is 0 Å². The van der Waals surface area contributed by atoms with Gasteiger partial charge in [0.05, 0.1) is 0 Å². The number of piperazine rings is 1. The minimum absolute atomic E-state index is 0.0590. The molecule has 2 unspecified atom stereocenters. The molecule has 6 heteroatoms. The van der Waals surface area contributed by atoms with E-state index in [9.17, 15) is 4.79 Å². The van der Waals surface area contributed by atoms with E-state index in [2.05, 4.69) is 40.5 Å². The molecule has 27 heavy (non-hydrogen) atoms. The molecule has 1 saturated carbocycles. The number of nitrogens with one attached hydrogen (secondary N) is 1. The molecule has 1 saturated heterocycles. The monoisotopic (exact) mass is 365 g/mol. The molecule has 2 aliphatic heterocycles. The third-order valence-electron chi connectivity index (χ3n) is 5.62. The Balaban J connectivity index is 1.14. The average molecular weight is 365 g/mol. The van der Waals surface area contributed by atoms with Crippen LogP contribution in [0.15, 0.2) is 48.5 Å². The number of urea groups is 1. The van der Waals surface area contributed by atoms with Crippen molar-refractivity contribution in [2.45, 2.75) is 18.4 Å². The summed E-state index contributed by atoms with van der Waals surface area (Å²) < 4.78 is 10.8. The first-order valence-electron chi connectivity index (χ1n) is 9.53. The van der Waals surface area contributed by atoms with Crippen LogP contribution in [0.2, 0.25) is 0 Å². The quantitative estimate of drug-likeness (QED) is 0.909. The van der Waals surface area contributed by atoms with Gasteiger partial charge >= 0.3 is 6.03 Å². The highest BCUT2D eigenvalue weighted by molar-refractivity contribution is 5.75. The Morgan fingerprint density at radius 2 is 1.74 bits per heavy atom. The van der Waals surface area contributed by atoms with E-state index >= 15 is 0 Å². The summed E-state index contributed by atoms with van der Waals surface area (Å²) in [7, 11) is 0. The van der Waals surface area contributed by atoms with Gasteiger partial charge in [0.2, 0.25) is 6.79 Å². The van der Waals surface area contributed by atoms with Crippen molar-refractivity contribution < 1.29 is 14.3 Å². The number of rotatable bonds is 3. The first kappa shape index (κ1) is 16.3. The number of carbonyl (C=O) groups excluding carboxylic acids is 1. The number of fused-ring (bicyclic) bond motifs is 1. The molecule has 140 valence electrons. The largest absolute Gasteiger partial charge is 0.454 e. The number of anilines is 1. The molecule has 5 rings (SSSR count). The van der Waals surface area contributed by atoms with Crippen molar-refractivity contribution in [1.82, 2.24) is 10.2 Å². The summed E-state index contributed by atoms with van der Waals surface area (Å²) in [4.78, 5) is 16.8. The number of hydrogen-bond donors (Lipinski definition) is 1. The van der Waals surface area contributed by atoms with Crippen LogP contribution >= 0.6 is 0 Å². The van der Waals surface area contributed by atoms with Gasteiger partial charge in [-0.2, -0.15) is 0 Å². The normalized spacial score (nSPS) is 23.3. The highest BCUT2D eigenvalue weighted by Crippen LogP contribution is 2.40. The van der Waals surface area contributed by atoms with Crippen molar-refractivity contribution in [1.29, 1.82) is 0 Å². The Morgan fingerprint density at radius 3 is 2.56 bits per heavy atom. The summed E-state index contributed by atoms with van der Waals surface area (Å²) >= 11 is 0. The average Bonchev–Trinajstić information content (AvgIpc) is 3.32. The van der Waals surface area contributed by atoms with E-state index in [1.54, 1.807) is 0 Å². The van der Waals surface area contributed by atoms with E-state index < -0.39 is 0 Å². The zero-order valence-corrected chi connectivity index (χ0v) is 15.1. The van der Waals surface area contributed by atoms with E-state index in [4.69, 9.17) is 9.47 Å². The molecule has 0 bridgehead atoms. The van der Waals surface area contributed by atoms with Crippen LogP contribution in [0.4, 0.5) is 10.5 Å². The molecule has 3 aliphatic rings. The third-order valence-corrected chi connectivity index (χ3v) is 5.62. The summed E-state index contributed by atoms with van der Waals surface area (Å²) in [6, 6.07) is 16.8. The van der Waals surface area contributed by atoms with Crippen LogP contribution in [0, 0.1) is 0 Å². The summed E-state index contributed by atoms with van der Waals surface area (Å²) in [6.07, 6.45) is 1.03. The highest BCUT2D eigenvalue weighted by Gasteiger charge is 2.40. The van der Waals surface area contributed by atoms with E-state index in [0.717, 1.165) is 49.8 Å². The summed E-state index contributed by atoms with van der Waals surface area (Å²) in [5.41, 5.74) is 2.43. The van der Waals surface area contributed by atoms with Crippen LogP contribution in [0.1, 0.15) is 17.9 Å². The molecule has 2 amide bonds. The van der Waals surface area contributed by atoms with Crippen LogP contribution in [0.5, 0.6) is 11.5 Å². The van der Waals surface area contributed by atoms with Gasteiger partial charge in [-0.15, -0.1) is 0 Å². The van der Waals surface area contributed by atoms with Gasteiger partial charge in [-0.1, -0.05) is 30.3 Å². The van der Waals surface area contributed by atoms with Crippen LogP contribution in [-0.2, 0) is 0 Å². The molecule has 1 N–H and O–H groups in total. The molecule has 2 atom stereocenters. The predicted octanol–water partition coefficient (Wildman–Crippen LogP) is 2.80. The topological polar surface area (TPSA) is 54.0 Å². The van der Waals surface area contributed by atoms with Gasteiger partial charge in [0, 0.05) is 49.9 Å². The van der Waals surface area contributed by atoms with Gasteiger partial charge in [-0.25, -0.2) is 4.79 Å². The molecule has 2 fully saturated rings. The van der Waals surface area contributed by atoms with Gasteiger partial charge in [0.1, 0.15) is 0 Å². The number of benzene rings is 2. The maximum atomic E-state index is 12.6. The fraction of sp³-hybridized carbons (Fsp3) is 0.381. The minimum Gasteiger partial charge on any atom is -0.454 e.